The maximum Gasteiger partial charge on any atom is 0.410 e. The van der Waals surface area contributed by atoms with Crippen LogP contribution in [0.2, 0.25) is 5.02 Å². The van der Waals surface area contributed by atoms with Crippen molar-refractivity contribution in [3.8, 4) is 5.75 Å². The molecule has 1 N–H and O–H groups in total. The molecule has 1 heterocycles. The Labute approximate surface area is 142 Å². The van der Waals surface area contributed by atoms with Gasteiger partial charge in [-0.05, 0) is 51.8 Å². The van der Waals surface area contributed by atoms with Gasteiger partial charge in [-0.2, -0.15) is 0 Å². The standard InChI is InChI=1S/C17H25ClN2O3/c1-17(2,3)23-16(21)20-9-5-6-13(11-20)19-14-10-12(18)7-8-15(14)22-4/h7-8,10,13,19H,5-6,9,11H2,1-4H3. The van der Waals surface area contributed by atoms with Gasteiger partial charge in [0, 0.05) is 24.2 Å². The number of likely N-dealkylation sites (tertiary alicyclic amines) is 1. The van der Waals surface area contributed by atoms with Gasteiger partial charge in [0.05, 0.1) is 12.8 Å². The highest BCUT2D eigenvalue weighted by atomic mass is 35.5. The summed E-state index contributed by atoms with van der Waals surface area (Å²) in [6.45, 7) is 6.95. The first-order chi connectivity index (χ1) is 10.8. The lowest BCUT2D eigenvalue weighted by Crippen LogP contribution is -2.47. The van der Waals surface area contributed by atoms with Gasteiger partial charge in [0.2, 0.25) is 0 Å². The average Bonchev–Trinajstić information content (AvgIpc) is 2.46. The number of anilines is 1. The third-order valence-corrected chi connectivity index (χ3v) is 3.83. The number of methoxy groups -OCH3 is 1. The molecule has 1 aliphatic heterocycles. The molecule has 1 aromatic carbocycles. The van der Waals surface area contributed by atoms with Gasteiger partial charge in [0.1, 0.15) is 11.4 Å². The normalized spacial score (nSPS) is 18.5. The van der Waals surface area contributed by atoms with E-state index in [0.29, 0.717) is 11.6 Å². The summed E-state index contributed by atoms with van der Waals surface area (Å²) < 4.78 is 10.8. The van der Waals surface area contributed by atoms with Gasteiger partial charge < -0.3 is 19.7 Å². The molecule has 1 fully saturated rings. The lowest BCUT2D eigenvalue weighted by molar-refractivity contribution is 0.0206. The Morgan fingerprint density at radius 1 is 1.39 bits per heavy atom. The summed E-state index contributed by atoms with van der Waals surface area (Å²) >= 11 is 6.06. The summed E-state index contributed by atoms with van der Waals surface area (Å²) in [5, 5.41) is 4.08. The minimum atomic E-state index is -0.479. The van der Waals surface area contributed by atoms with Crippen LogP contribution in [-0.4, -0.2) is 42.8 Å². The molecule has 1 saturated heterocycles. The lowest BCUT2D eigenvalue weighted by Gasteiger charge is -2.35. The van der Waals surface area contributed by atoms with Crippen molar-refractivity contribution in [3.63, 3.8) is 0 Å². The van der Waals surface area contributed by atoms with Crippen molar-refractivity contribution < 1.29 is 14.3 Å². The van der Waals surface area contributed by atoms with E-state index < -0.39 is 5.60 Å². The van der Waals surface area contributed by atoms with Crippen molar-refractivity contribution in [1.29, 1.82) is 0 Å². The fourth-order valence-electron chi connectivity index (χ4n) is 2.60. The number of nitrogens with zero attached hydrogens (tertiary/aromatic N) is 1. The summed E-state index contributed by atoms with van der Waals surface area (Å²) in [6, 6.07) is 5.61. The van der Waals surface area contributed by atoms with Crippen molar-refractivity contribution >= 4 is 23.4 Å². The van der Waals surface area contributed by atoms with E-state index in [1.165, 1.54) is 0 Å². The van der Waals surface area contributed by atoms with Crippen LogP contribution in [0, 0.1) is 0 Å². The quantitative estimate of drug-likeness (QED) is 0.897. The summed E-state index contributed by atoms with van der Waals surface area (Å²) in [7, 11) is 1.63. The van der Waals surface area contributed by atoms with Crippen LogP contribution in [0.3, 0.4) is 0 Å². The molecule has 1 unspecified atom stereocenters. The van der Waals surface area contributed by atoms with Crippen LogP contribution in [0.15, 0.2) is 18.2 Å². The Morgan fingerprint density at radius 2 is 2.13 bits per heavy atom. The number of carbonyl (C=O) groups is 1. The summed E-state index contributed by atoms with van der Waals surface area (Å²) in [6.07, 6.45) is 1.65. The molecule has 0 aromatic heterocycles. The molecule has 1 amide bonds. The first-order valence-electron chi connectivity index (χ1n) is 7.86. The predicted octanol–water partition coefficient (Wildman–Crippen LogP) is 4.16. The van der Waals surface area contributed by atoms with E-state index in [1.54, 1.807) is 18.1 Å². The molecule has 128 valence electrons. The van der Waals surface area contributed by atoms with Gasteiger partial charge in [0.15, 0.2) is 0 Å². The van der Waals surface area contributed by atoms with Gasteiger partial charge in [-0.1, -0.05) is 11.6 Å². The number of piperidine rings is 1. The van der Waals surface area contributed by atoms with E-state index in [2.05, 4.69) is 5.32 Å². The van der Waals surface area contributed by atoms with Gasteiger partial charge >= 0.3 is 6.09 Å². The number of nitrogens with one attached hydrogen (secondary N) is 1. The molecule has 23 heavy (non-hydrogen) atoms. The van der Waals surface area contributed by atoms with Crippen molar-refractivity contribution in [1.82, 2.24) is 4.90 Å². The average molecular weight is 341 g/mol. The molecule has 0 radical (unpaired) electrons. The molecule has 0 bridgehead atoms. The number of amides is 1. The molecular formula is C17H25ClN2O3. The molecular weight excluding hydrogens is 316 g/mol. The highest BCUT2D eigenvalue weighted by molar-refractivity contribution is 6.30. The van der Waals surface area contributed by atoms with Gasteiger partial charge in [0.25, 0.3) is 0 Å². The van der Waals surface area contributed by atoms with E-state index >= 15 is 0 Å². The Morgan fingerprint density at radius 3 is 2.78 bits per heavy atom. The number of benzene rings is 1. The van der Waals surface area contributed by atoms with Crippen LogP contribution in [0.1, 0.15) is 33.6 Å². The second-order valence-electron chi connectivity index (χ2n) is 6.75. The summed E-state index contributed by atoms with van der Waals surface area (Å²) in [5.74, 6) is 0.740. The third-order valence-electron chi connectivity index (χ3n) is 3.59. The minimum absolute atomic E-state index is 0.142. The molecule has 0 spiro atoms. The molecule has 1 aliphatic rings. The number of carbonyl (C=O) groups excluding carboxylic acids is 1. The van der Waals surface area contributed by atoms with Crippen LogP contribution in [0.5, 0.6) is 5.75 Å². The smallest absolute Gasteiger partial charge is 0.410 e. The zero-order valence-corrected chi connectivity index (χ0v) is 14.9. The maximum atomic E-state index is 12.2. The van der Waals surface area contributed by atoms with Crippen LogP contribution in [0.4, 0.5) is 10.5 Å². The zero-order valence-electron chi connectivity index (χ0n) is 14.2. The van der Waals surface area contributed by atoms with Crippen LogP contribution in [-0.2, 0) is 4.74 Å². The van der Waals surface area contributed by atoms with E-state index in [1.807, 2.05) is 32.9 Å². The highest BCUT2D eigenvalue weighted by Crippen LogP contribution is 2.29. The second kappa shape index (κ2) is 7.30. The molecule has 0 saturated carbocycles. The first kappa shape index (κ1) is 17.7. The van der Waals surface area contributed by atoms with Crippen molar-refractivity contribution in [2.24, 2.45) is 0 Å². The van der Waals surface area contributed by atoms with E-state index in [9.17, 15) is 4.79 Å². The second-order valence-corrected chi connectivity index (χ2v) is 7.19. The molecule has 5 nitrogen and oxygen atoms in total. The van der Waals surface area contributed by atoms with Gasteiger partial charge in [-0.15, -0.1) is 0 Å². The van der Waals surface area contributed by atoms with E-state index in [4.69, 9.17) is 21.1 Å². The monoisotopic (exact) mass is 340 g/mol. The van der Waals surface area contributed by atoms with Gasteiger partial charge in [-0.25, -0.2) is 4.79 Å². The molecule has 1 aromatic rings. The minimum Gasteiger partial charge on any atom is -0.495 e. The van der Waals surface area contributed by atoms with Crippen LogP contribution < -0.4 is 10.1 Å². The van der Waals surface area contributed by atoms with Crippen LogP contribution in [0.25, 0.3) is 0 Å². The Bertz CT molecular complexity index is 557. The number of hydrogen-bond donors (Lipinski definition) is 1. The summed E-state index contributed by atoms with van der Waals surface area (Å²) in [4.78, 5) is 14.0. The zero-order chi connectivity index (χ0) is 17.0. The first-order valence-corrected chi connectivity index (χ1v) is 8.24. The number of ether oxygens (including phenoxy) is 2. The Balaban J connectivity index is 2.02. The Kier molecular flexibility index (Phi) is 5.63. The van der Waals surface area contributed by atoms with E-state index in [-0.39, 0.29) is 12.1 Å². The van der Waals surface area contributed by atoms with Crippen molar-refractivity contribution in [2.75, 3.05) is 25.5 Å². The largest absolute Gasteiger partial charge is 0.495 e. The Hall–Kier alpha value is -1.62. The third kappa shape index (κ3) is 5.20. The lowest BCUT2D eigenvalue weighted by atomic mass is 10.1. The van der Waals surface area contributed by atoms with E-state index in [0.717, 1.165) is 30.8 Å². The van der Waals surface area contributed by atoms with Crippen LogP contribution >= 0.6 is 11.6 Å². The SMILES string of the molecule is COc1ccc(Cl)cc1NC1CCCN(C(=O)OC(C)(C)C)C1. The molecule has 0 aliphatic carbocycles. The molecule has 6 heteroatoms. The van der Waals surface area contributed by atoms with Crippen molar-refractivity contribution in [3.05, 3.63) is 23.2 Å². The number of hydrogen-bond acceptors (Lipinski definition) is 4. The predicted molar refractivity (Wildman–Crippen MR) is 92.5 cm³/mol. The maximum absolute atomic E-state index is 12.2. The topological polar surface area (TPSA) is 50.8 Å². The summed E-state index contributed by atoms with van der Waals surface area (Å²) in [5.41, 5.74) is 0.365. The molecule has 1 atom stereocenters. The fourth-order valence-corrected chi connectivity index (χ4v) is 2.77. The highest BCUT2D eigenvalue weighted by Gasteiger charge is 2.27. The number of rotatable bonds is 3. The fraction of sp³-hybridized carbons (Fsp3) is 0.588. The van der Waals surface area contributed by atoms with Crippen molar-refractivity contribution in [2.45, 2.75) is 45.3 Å². The van der Waals surface area contributed by atoms with Gasteiger partial charge in [-0.3, -0.25) is 0 Å². The molecule has 2 rings (SSSR count). The number of halogens is 1.